The summed E-state index contributed by atoms with van der Waals surface area (Å²) >= 11 is 1.91. The molecule has 2 bridgehead atoms. The lowest BCUT2D eigenvalue weighted by atomic mass is 9.96. The van der Waals surface area contributed by atoms with E-state index < -0.39 is 0 Å². The first-order valence-corrected chi connectivity index (χ1v) is 8.92. The molecule has 2 saturated heterocycles. The largest absolute Gasteiger partial charge is 0.373 e. The zero-order valence-corrected chi connectivity index (χ0v) is 15.7. The lowest BCUT2D eigenvalue weighted by molar-refractivity contribution is 0.0992. The topological polar surface area (TPSA) is 45.7 Å². The number of fused-ring (bicyclic) bond motifs is 2. The van der Waals surface area contributed by atoms with Crippen LogP contribution in [-0.2, 0) is 4.74 Å². The van der Waals surface area contributed by atoms with Gasteiger partial charge in [-0.2, -0.15) is 11.8 Å². The van der Waals surface area contributed by atoms with Crippen LogP contribution in [0.25, 0.3) is 0 Å². The van der Waals surface area contributed by atoms with Crippen molar-refractivity contribution in [2.75, 3.05) is 25.1 Å². The summed E-state index contributed by atoms with van der Waals surface area (Å²) in [5.41, 5.74) is 0. The number of rotatable bonds is 7. The van der Waals surface area contributed by atoms with E-state index in [9.17, 15) is 0 Å². The van der Waals surface area contributed by atoms with Crippen LogP contribution in [0, 0.1) is 0 Å². The van der Waals surface area contributed by atoms with E-state index in [1.807, 2.05) is 11.8 Å². The van der Waals surface area contributed by atoms with Gasteiger partial charge < -0.3 is 15.4 Å². The zero-order valence-electron chi connectivity index (χ0n) is 12.6. The second-order valence-corrected chi connectivity index (χ2v) is 6.31. The number of ether oxygens (including phenoxy) is 1. The Bertz CT molecular complexity index is 304. The monoisotopic (exact) mass is 413 g/mol. The Hall–Kier alpha value is 0.310. The Labute approximate surface area is 144 Å². The summed E-state index contributed by atoms with van der Waals surface area (Å²) in [5, 5.41) is 6.89. The Kier molecular flexibility index (Phi) is 9.28. The van der Waals surface area contributed by atoms with Gasteiger partial charge >= 0.3 is 0 Å². The van der Waals surface area contributed by atoms with Crippen molar-refractivity contribution in [2.45, 2.75) is 57.3 Å². The highest BCUT2D eigenvalue weighted by atomic mass is 127. The Morgan fingerprint density at radius 3 is 2.80 bits per heavy atom. The van der Waals surface area contributed by atoms with Crippen molar-refractivity contribution in [1.82, 2.24) is 10.6 Å². The van der Waals surface area contributed by atoms with Crippen LogP contribution in [0.5, 0.6) is 0 Å². The lowest BCUT2D eigenvalue weighted by Crippen LogP contribution is -2.47. The molecule has 2 aliphatic heterocycles. The predicted molar refractivity (Wildman–Crippen MR) is 98.4 cm³/mol. The van der Waals surface area contributed by atoms with Gasteiger partial charge in [-0.15, -0.1) is 24.0 Å². The fourth-order valence-electron chi connectivity index (χ4n) is 2.83. The molecule has 20 heavy (non-hydrogen) atoms. The smallest absolute Gasteiger partial charge is 0.191 e. The van der Waals surface area contributed by atoms with Gasteiger partial charge in [0.2, 0.25) is 0 Å². The molecule has 0 aliphatic carbocycles. The average Bonchev–Trinajstić information content (AvgIpc) is 3.01. The van der Waals surface area contributed by atoms with Gasteiger partial charge in [0.1, 0.15) is 0 Å². The van der Waals surface area contributed by atoms with E-state index in [2.05, 4.69) is 28.8 Å². The Morgan fingerprint density at radius 2 is 2.20 bits per heavy atom. The Balaban J connectivity index is 0.00000200. The van der Waals surface area contributed by atoms with E-state index in [1.54, 1.807) is 0 Å². The fourth-order valence-corrected chi connectivity index (χ4v) is 3.33. The Morgan fingerprint density at radius 1 is 1.35 bits per heavy atom. The molecule has 4 nitrogen and oxygen atoms in total. The summed E-state index contributed by atoms with van der Waals surface area (Å²) in [6.45, 7) is 3.94. The van der Waals surface area contributed by atoms with Crippen LogP contribution in [-0.4, -0.2) is 49.3 Å². The molecule has 2 fully saturated rings. The van der Waals surface area contributed by atoms with Crippen LogP contribution in [0.3, 0.4) is 0 Å². The molecule has 2 aliphatic rings. The van der Waals surface area contributed by atoms with Gasteiger partial charge in [0.15, 0.2) is 5.96 Å². The number of hydrogen-bond acceptors (Lipinski definition) is 3. The summed E-state index contributed by atoms with van der Waals surface area (Å²) < 4.78 is 5.87. The van der Waals surface area contributed by atoms with Crippen molar-refractivity contribution in [3.63, 3.8) is 0 Å². The zero-order chi connectivity index (χ0) is 13.5. The van der Waals surface area contributed by atoms with Crippen LogP contribution < -0.4 is 10.6 Å². The minimum absolute atomic E-state index is 0. The molecule has 118 valence electrons. The first-order valence-electron chi connectivity index (χ1n) is 7.52. The van der Waals surface area contributed by atoms with E-state index in [4.69, 9.17) is 4.74 Å². The lowest BCUT2D eigenvalue weighted by Gasteiger charge is -2.22. The summed E-state index contributed by atoms with van der Waals surface area (Å²) in [6, 6.07) is 0.461. The second-order valence-electron chi connectivity index (χ2n) is 5.32. The molecule has 0 amide bonds. The normalized spacial score (nSPS) is 28.3. The SMILES string of the molecule is CCNC(=NCCCCSC)NC1CC2CCC1O2.I. The quantitative estimate of drug-likeness (QED) is 0.292. The standard InChI is InChI=1S/C14H27N3OS.HI/c1-3-15-14(16-8-4-5-9-19-2)17-12-10-11-6-7-13(12)18-11;/h11-13H,3-10H2,1-2H3,(H2,15,16,17);1H. The molecular formula is C14H28IN3OS. The van der Waals surface area contributed by atoms with E-state index >= 15 is 0 Å². The minimum atomic E-state index is 0. The number of guanidine groups is 1. The maximum absolute atomic E-state index is 5.87. The third-order valence-corrected chi connectivity index (χ3v) is 4.50. The van der Waals surface area contributed by atoms with Crippen LogP contribution in [0.2, 0.25) is 0 Å². The number of nitrogens with one attached hydrogen (secondary N) is 2. The van der Waals surface area contributed by atoms with Crippen molar-refractivity contribution < 1.29 is 4.74 Å². The van der Waals surface area contributed by atoms with E-state index in [0.717, 1.165) is 25.5 Å². The van der Waals surface area contributed by atoms with Crippen LogP contribution in [0.15, 0.2) is 4.99 Å². The summed E-state index contributed by atoms with van der Waals surface area (Å²) in [5.74, 6) is 2.20. The number of aliphatic imine (C=N–C) groups is 1. The van der Waals surface area contributed by atoms with Gasteiger partial charge in [-0.25, -0.2) is 0 Å². The molecule has 0 aromatic carbocycles. The molecule has 2 rings (SSSR count). The summed E-state index contributed by atoms with van der Waals surface area (Å²) in [7, 11) is 0. The van der Waals surface area contributed by atoms with E-state index in [-0.39, 0.29) is 24.0 Å². The number of thioether (sulfide) groups is 1. The third-order valence-electron chi connectivity index (χ3n) is 3.80. The molecule has 3 unspecified atom stereocenters. The first kappa shape index (κ1) is 18.4. The van der Waals surface area contributed by atoms with Gasteiger partial charge in [-0.05, 0) is 51.0 Å². The van der Waals surface area contributed by atoms with Gasteiger partial charge in [-0.1, -0.05) is 0 Å². The van der Waals surface area contributed by atoms with Crippen molar-refractivity contribution in [3.05, 3.63) is 0 Å². The van der Waals surface area contributed by atoms with Gasteiger partial charge in [-0.3, -0.25) is 4.99 Å². The molecule has 6 heteroatoms. The van der Waals surface area contributed by atoms with Crippen LogP contribution in [0.4, 0.5) is 0 Å². The number of halogens is 1. The predicted octanol–water partition coefficient (Wildman–Crippen LogP) is 2.62. The molecule has 0 saturated carbocycles. The molecule has 0 aromatic heterocycles. The van der Waals surface area contributed by atoms with Gasteiger partial charge in [0, 0.05) is 13.1 Å². The van der Waals surface area contributed by atoms with Crippen molar-refractivity contribution in [2.24, 2.45) is 4.99 Å². The molecule has 2 N–H and O–H groups in total. The van der Waals surface area contributed by atoms with E-state index in [1.165, 1.54) is 31.4 Å². The summed E-state index contributed by atoms with van der Waals surface area (Å²) in [6.07, 6.45) is 9.07. The van der Waals surface area contributed by atoms with Crippen LogP contribution in [0.1, 0.15) is 39.0 Å². The second kappa shape index (κ2) is 10.1. The maximum Gasteiger partial charge on any atom is 0.191 e. The number of unbranched alkanes of at least 4 members (excludes halogenated alkanes) is 1. The summed E-state index contributed by atoms with van der Waals surface area (Å²) in [4.78, 5) is 4.66. The molecule has 2 heterocycles. The van der Waals surface area contributed by atoms with Crippen molar-refractivity contribution in [1.29, 1.82) is 0 Å². The average molecular weight is 413 g/mol. The molecule has 0 aromatic rings. The third kappa shape index (κ3) is 5.60. The molecule has 3 atom stereocenters. The first-order chi connectivity index (χ1) is 9.33. The maximum atomic E-state index is 5.87. The molecule has 0 radical (unpaired) electrons. The highest BCUT2D eigenvalue weighted by molar-refractivity contribution is 14.0. The number of hydrogen-bond donors (Lipinski definition) is 2. The van der Waals surface area contributed by atoms with E-state index in [0.29, 0.717) is 18.2 Å². The highest BCUT2D eigenvalue weighted by Gasteiger charge is 2.41. The number of nitrogens with zero attached hydrogens (tertiary/aromatic N) is 1. The van der Waals surface area contributed by atoms with Crippen LogP contribution >= 0.6 is 35.7 Å². The van der Waals surface area contributed by atoms with Gasteiger partial charge in [0.05, 0.1) is 18.2 Å². The van der Waals surface area contributed by atoms with Crippen molar-refractivity contribution in [3.8, 4) is 0 Å². The highest BCUT2D eigenvalue weighted by Crippen LogP contribution is 2.34. The molecular weight excluding hydrogens is 385 g/mol. The van der Waals surface area contributed by atoms with Crippen molar-refractivity contribution >= 4 is 41.7 Å². The minimum Gasteiger partial charge on any atom is -0.373 e. The fraction of sp³-hybridized carbons (Fsp3) is 0.929. The van der Waals surface area contributed by atoms with Gasteiger partial charge in [0.25, 0.3) is 0 Å². The molecule has 0 spiro atoms.